The van der Waals surface area contributed by atoms with Crippen molar-refractivity contribution in [3.05, 3.63) is 66.4 Å². The fourth-order valence-corrected chi connectivity index (χ4v) is 5.05. The van der Waals surface area contributed by atoms with Crippen molar-refractivity contribution in [2.45, 2.75) is 46.5 Å². The molecule has 0 radical (unpaired) electrons. The van der Waals surface area contributed by atoms with Gasteiger partial charge in [0.15, 0.2) is 0 Å². The second-order valence-corrected chi connectivity index (χ2v) is 8.57. The molecular weight excluding hydrogens is 404 g/mol. The van der Waals surface area contributed by atoms with Crippen molar-refractivity contribution in [1.82, 2.24) is 14.8 Å². The number of piperidine rings is 1. The fraction of sp³-hybridized carbons (Fsp3) is 0.517. The molecule has 0 spiro atoms. The largest absolute Gasteiger partial charge is 0.369 e. The standard InChI is InChI=1S/C25H32N4.2C2H6/c1-2-6-22(7-3-1)29-18-16-28(17-19-29)15-14-27-12-10-21(11-13-27)24-20-26-25-9-5-4-8-23(24)25;2*1-2/h1-9,20-21,26H,10-19H2;2*1-2H3. The van der Waals surface area contributed by atoms with Gasteiger partial charge in [-0.3, -0.25) is 4.90 Å². The van der Waals surface area contributed by atoms with E-state index in [-0.39, 0.29) is 0 Å². The van der Waals surface area contributed by atoms with Crippen LogP contribution < -0.4 is 4.90 Å². The van der Waals surface area contributed by atoms with Crippen LogP contribution in [0.5, 0.6) is 0 Å². The van der Waals surface area contributed by atoms with Crippen LogP contribution in [0.25, 0.3) is 10.9 Å². The van der Waals surface area contributed by atoms with Crippen molar-refractivity contribution >= 4 is 16.6 Å². The highest BCUT2D eigenvalue weighted by Crippen LogP contribution is 2.33. The summed E-state index contributed by atoms with van der Waals surface area (Å²) in [5.74, 6) is 0.705. The maximum atomic E-state index is 3.46. The lowest BCUT2D eigenvalue weighted by Crippen LogP contribution is -2.49. The molecular formula is C29H44N4. The van der Waals surface area contributed by atoms with Crippen LogP contribution in [-0.2, 0) is 0 Å². The van der Waals surface area contributed by atoms with E-state index in [1.165, 1.54) is 74.3 Å². The van der Waals surface area contributed by atoms with Gasteiger partial charge in [-0.25, -0.2) is 0 Å². The lowest BCUT2D eigenvalue weighted by Gasteiger charge is -2.38. The highest BCUT2D eigenvalue weighted by Gasteiger charge is 2.23. The molecule has 1 aromatic heterocycles. The molecule has 0 atom stereocenters. The lowest BCUT2D eigenvalue weighted by atomic mass is 9.89. The van der Waals surface area contributed by atoms with Crippen LogP contribution in [0.15, 0.2) is 60.8 Å². The molecule has 2 saturated heterocycles. The second kappa shape index (κ2) is 13.4. The van der Waals surface area contributed by atoms with Crippen molar-refractivity contribution < 1.29 is 0 Å². The van der Waals surface area contributed by atoms with Gasteiger partial charge in [0.05, 0.1) is 0 Å². The van der Waals surface area contributed by atoms with Crippen LogP contribution in [0.1, 0.15) is 52.0 Å². The van der Waals surface area contributed by atoms with Crippen LogP contribution in [0.2, 0.25) is 0 Å². The van der Waals surface area contributed by atoms with Crippen molar-refractivity contribution in [3.8, 4) is 0 Å². The Hall–Kier alpha value is -2.30. The van der Waals surface area contributed by atoms with E-state index >= 15 is 0 Å². The smallest absolute Gasteiger partial charge is 0.0456 e. The number of hydrogen-bond donors (Lipinski definition) is 1. The minimum absolute atomic E-state index is 0.705. The number of H-pyrrole nitrogens is 1. The van der Waals surface area contributed by atoms with Crippen molar-refractivity contribution in [2.24, 2.45) is 0 Å². The molecule has 3 aromatic rings. The predicted molar refractivity (Wildman–Crippen MR) is 145 cm³/mol. The molecule has 3 heterocycles. The van der Waals surface area contributed by atoms with Crippen LogP contribution in [0, 0.1) is 0 Å². The molecule has 0 aliphatic carbocycles. The van der Waals surface area contributed by atoms with Crippen LogP contribution in [-0.4, -0.2) is 67.1 Å². The molecule has 4 heteroatoms. The highest BCUT2D eigenvalue weighted by molar-refractivity contribution is 5.83. The summed E-state index contributed by atoms with van der Waals surface area (Å²) in [7, 11) is 0. The van der Waals surface area contributed by atoms with Gasteiger partial charge in [0.25, 0.3) is 0 Å². The van der Waals surface area contributed by atoms with E-state index in [2.05, 4.69) is 80.5 Å². The molecule has 0 bridgehead atoms. The number of nitrogens with zero attached hydrogens (tertiary/aromatic N) is 3. The molecule has 4 nitrogen and oxygen atoms in total. The average molecular weight is 449 g/mol. The van der Waals surface area contributed by atoms with Gasteiger partial charge in [-0.2, -0.15) is 0 Å². The molecule has 180 valence electrons. The Morgan fingerprint density at radius 2 is 1.27 bits per heavy atom. The van der Waals surface area contributed by atoms with Gasteiger partial charge in [-0.15, -0.1) is 0 Å². The summed E-state index contributed by atoms with van der Waals surface area (Å²) in [5.41, 5.74) is 4.17. The van der Waals surface area contributed by atoms with Crippen molar-refractivity contribution in [1.29, 1.82) is 0 Å². The van der Waals surface area contributed by atoms with E-state index in [1.54, 1.807) is 0 Å². The van der Waals surface area contributed by atoms with E-state index in [0.717, 1.165) is 13.1 Å². The number of para-hydroxylation sites is 2. The molecule has 1 N–H and O–H groups in total. The summed E-state index contributed by atoms with van der Waals surface area (Å²) in [5, 5.41) is 1.42. The maximum Gasteiger partial charge on any atom is 0.0456 e. The Balaban J connectivity index is 0.000000728. The first-order chi connectivity index (χ1) is 16.4. The summed E-state index contributed by atoms with van der Waals surface area (Å²) in [4.78, 5) is 11.3. The molecule has 2 aliphatic rings. The number of likely N-dealkylation sites (tertiary alicyclic amines) is 1. The molecule has 0 amide bonds. The Labute approximate surface area is 201 Å². The quantitative estimate of drug-likeness (QED) is 0.501. The van der Waals surface area contributed by atoms with Gasteiger partial charge >= 0.3 is 0 Å². The van der Waals surface area contributed by atoms with E-state index < -0.39 is 0 Å². The van der Waals surface area contributed by atoms with E-state index in [1.807, 2.05) is 27.7 Å². The summed E-state index contributed by atoms with van der Waals surface area (Å²) in [6.07, 6.45) is 4.81. The van der Waals surface area contributed by atoms with E-state index in [4.69, 9.17) is 0 Å². The topological polar surface area (TPSA) is 25.5 Å². The molecule has 33 heavy (non-hydrogen) atoms. The Bertz CT molecular complexity index is 904. The molecule has 0 saturated carbocycles. The summed E-state index contributed by atoms with van der Waals surface area (Å²) in [6, 6.07) is 19.6. The SMILES string of the molecule is CC.CC.c1ccc(N2CCN(CCN3CCC(c4c[nH]c5ccccc45)CC3)CC2)cc1. The number of anilines is 1. The summed E-state index contributed by atoms with van der Waals surface area (Å²) >= 11 is 0. The Morgan fingerprint density at radius 3 is 1.94 bits per heavy atom. The molecule has 2 aliphatic heterocycles. The number of fused-ring (bicyclic) bond motifs is 1. The van der Waals surface area contributed by atoms with Gasteiger partial charge in [0.1, 0.15) is 0 Å². The van der Waals surface area contributed by atoms with E-state index in [0.29, 0.717) is 5.92 Å². The predicted octanol–water partition coefficient (Wildman–Crippen LogP) is 6.22. The van der Waals surface area contributed by atoms with E-state index in [9.17, 15) is 0 Å². The molecule has 2 aromatic carbocycles. The minimum Gasteiger partial charge on any atom is -0.369 e. The Morgan fingerprint density at radius 1 is 0.697 bits per heavy atom. The lowest BCUT2D eigenvalue weighted by molar-refractivity contribution is 0.169. The molecule has 0 unspecified atom stereocenters. The minimum atomic E-state index is 0.705. The highest BCUT2D eigenvalue weighted by atomic mass is 15.3. The number of aromatic nitrogens is 1. The monoisotopic (exact) mass is 448 g/mol. The van der Waals surface area contributed by atoms with Gasteiger partial charge < -0.3 is 14.8 Å². The van der Waals surface area contributed by atoms with Gasteiger partial charge in [0, 0.05) is 62.1 Å². The van der Waals surface area contributed by atoms with Crippen LogP contribution in [0.3, 0.4) is 0 Å². The van der Waals surface area contributed by atoms with Crippen LogP contribution in [0.4, 0.5) is 5.69 Å². The number of aromatic amines is 1. The third-order valence-corrected chi connectivity index (χ3v) is 6.87. The number of nitrogens with one attached hydrogen (secondary N) is 1. The maximum absolute atomic E-state index is 3.46. The third kappa shape index (κ3) is 6.61. The normalized spacial score (nSPS) is 17.8. The molecule has 5 rings (SSSR count). The second-order valence-electron chi connectivity index (χ2n) is 8.57. The summed E-state index contributed by atoms with van der Waals surface area (Å²) < 4.78 is 0. The van der Waals surface area contributed by atoms with Gasteiger partial charge in [0.2, 0.25) is 0 Å². The van der Waals surface area contributed by atoms with Crippen LogP contribution >= 0.6 is 0 Å². The number of piperazine rings is 1. The first kappa shape index (κ1) is 25.3. The third-order valence-electron chi connectivity index (χ3n) is 6.87. The first-order valence-corrected chi connectivity index (χ1v) is 13.2. The first-order valence-electron chi connectivity index (χ1n) is 13.2. The van der Waals surface area contributed by atoms with Crippen molar-refractivity contribution in [2.75, 3.05) is 57.3 Å². The average Bonchev–Trinajstić information content (AvgIpc) is 3.35. The zero-order valence-corrected chi connectivity index (χ0v) is 21.3. The number of rotatable bonds is 5. The number of benzene rings is 2. The fourth-order valence-electron chi connectivity index (χ4n) is 5.05. The summed E-state index contributed by atoms with van der Waals surface area (Å²) in [6.45, 7) is 17.5. The Kier molecular flexibility index (Phi) is 10.3. The zero-order chi connectivity index (χ0) is 23.5. The van der Waals surface area contributed by atoms with Gasteiger partial charge in [-0.05, 0) is 55.6 Å². The molecule has 2 fully saturated rings. The van der Waals surface area contributed by atoms with Gasteiger partial charge in [-0.1, -0.05) is 64.1 Å². The zero-order valence-electron chi connectivity index (χ0n) is 21.3. The van der Waals surface area contributed by atoms with Crippen molar-refractivity contribution in [3.63, 3.8) is 0 Å². The number of hydrogen-bond acceptors (Lipinski definition) is 3.